The number of benzene rings is 1. The molecular weight excluding hydrogens is 360 g/mol. The number of carbonyl (C=O) groups excluding carboxylic acids is 1. The Balaban J connectivity index is 1.97. The highest BCUT2D eigenvalue weighted by Gasteiger charge is 2.23. The van der Waals surface area contributed by atoms with Crippen molar-refractivity contribution in [3.05, 3.63) is 33.3 Å². The Morgan fingerprint density at radius 1 is 1.38 bits per heavy atom. The quantitative estimate of drug-likeness (QED) is 0.364. The van der Waals surface area contributed by atoms with Crippen LogP contribution >= 0.6 is 27.5 Å². The number of nitrogens with two attached hydrogens (primary N) is 1. The van der Waals surface area contributed by atoms with Crippen LogP contribution in [0.25, 0.3) is 0 Å². The first-order valence-corrected chi connectivity index (χ1v) is 7.61. The van der Waals surface area contributed by atoms with Crippen molar-refractivity contribution in [3.63, 3.8) is 0 Å². The summed E-state index contributed by atoms with van der Waals surface area (Å²) in [6.07, 6.45) is 0. The first-order chi connectivity index (χ1) is 10.0. The number of rotatable bonds is 3. The van der Waals surface area contributed by atoms with Crippen molar-refractivity contribution >= 4 is 39.3 Å². The van der Waals surface area contributed by atoms with Gasteiger partial charge in [-0.1, -0.05) is 16.8 Å². The largest absolute Gasteiger partial charge is 0.409 e. The smallest absolute Gasteiger partial charge is 0.255 e. The maximum Gasteiger partial charge on any atom is 0.255 e. The third-order valence-electron chi connectivity index (χ3n) is 3.34. The Bertz CT molecular complexity index is 559. The third-order valence-corrected chi connectivity index (χ3v) is 4.23. The minimum absolute atomic E-state index is 0.0259. The molecule has 6 nitrogen and oxygen atoms in total. The fraction of sp³-hybridized carbons (Fsp3) is 0.385. The Hall–Kier alpha value is -1.31. The SMILES string of the molecule is N/C(CN1CCN(C(=O)c2ccc(Cl)cc2Br)CC1)=N/O. The van der Waals surface area contributed by atoms with E-state index in [1.807, 2.05) is 4.90 Å². The van der Waals surface area contributed by atoms with Crippen LogP contribution in [0.15, 0.2) is 27.8 Å². The predicted octanol–water partition coefficient (Wildman–Crippen LogP) is 1.61. The Morgan fingerprint density at radius 2 is 2.05 bits per heavy atom. The summed E-state index contributed by atoms with van der Waals surface area (Å²) in [6, 6.07) is 5.13. The van der Waals surface area contributed by atoms with Crippen molar-refractivity contribution in [2.75, 3.05) is 32.7 Å². The van der Waals surface area contributed by atoms with Gasteiger partial charge in [0.15, 0.2) is 5.84 Å². The summed E-state index contributed by atoms with van der Waals surface area (Å²) in [5.41, 5.74) is 6.08. The van der Waals surface area contributed by atoms with Crippen molar-refractivity contribution < 1.29 is 10.0 Å². The van der Waals surface area contributed by atoms with E-state index in [1.54, 1.807) is 23.1 Å². The van der Waals surface area contributed by atoms with E-state index in [2.05, 4.69) is 21.1 Å². The van der Waals surface area contributed by atoms with Gasteiger partial charge in [-0.3, -0.25) is 9.69 Å². The molecule has 0 radical (unpaired) electrons. The Morgan fingerprint density at radius 3 is 2.62 bits per heavy atom. The van der Waals surface area contributed by atoms with Crippen LogP contribution in [0.4, 0.5) is 0 Å². The van der Waals surface area contributed by atoms with Crippen molar-refractivity contribution in [2.24, 2.45) is 10.9 Å². The summed E-state index contributed by atoms with van der Waals surface area (Å²) in [6.45, 7) is 2.99. The molecule has 1 aliphatic rings. The number of amides is 1. The van der Waals surface area contributed by atoms with E-state index in [0.717, 1.165) is 0 Å². The van der Waals surface area contributed by atoms with Crippen molar-refractivity contribution in [2.45, 2.75) is 0 Å². The minimum atomic E-state index is -0.0259. The van der Waals surface area contributed by atoms with Gasteiger partial charge in [0.25, 0.3) is 5.91 Å². The van der Waals surface area contributed by atoms with Gasteiger partial charge in [-0.2, -0.15) is 0 Å². The van der Waals surface area contributed by atoms with Gasteiger partial charge in [0, 0.05) is 35.7 Å². The average Bonchev–Trinajstić information content (AvgIpc) is 2.47. The maximum atomic E-state index is 12.5. The third kappa shape index (κ3) is 4.09. The molecule has 0 spiro atoms. The number of piperazine rings is 1. The minimum Gasteiger partial charge on any atom is -0.409 e. The maximum absolute atomic E-state index is 12.5. The molecule has 0 aromatic heterocycles. The van der Waals surface area contributed by atoms with Gasteiger partial charge in [-0.05, 0) is 34.1 Å². The Kier molecular flexibility index (Phi) is 5.44. The van der Waals surface area contributed by atoms with E-state index in [4.69, 9.17) is 22.5 Å². The van der Waals surface area contributed by atoms with E-state index in [1.165, 1.54) is 0 Å². The fourth-order valence-corrected chi connectivity index (χ4v) is 3.06. The number of hydrogen-bond donors (Lipinski definition) is 2. The molecule has 21 heavy (non-hydrogen) atoms. The molecular formula is C13H16BrClN4O2. The summed E-state index contributed by atoms with van der Waals surface area (Å²) in [5, 5.41) is 12.1. The number of carbonyl (C=O) groups is 1. The Labute approximate surface area is 136 Å². The molecule has 8 heteroatoms. The van der Waals surface area contributed by atoms with E-state index >= 15 is 0 Å². The van der Waals surface area contributed by atoms with E-state index in [9.17, 15) is 4.79 Å². The predicted molar refractivity (Wildman–Crippen MR) is 84.9 cm³/mol. The van der Waals surface area contributed by atoms with Gasteiger partial charge in [0.1, 0.15) is 0 Å². The summed E-state index contributed by atoms with van der Waals surface area (Å²) >= 11 is 9.25. The van der Waals surface area contributed by atoms with Gasteiger partial charge < -0.3 is 15.8 Å². The average molecular weight is 376 g/mol. The van der Waals surface area contributed by atoms with Crippen LogP contribution < -0.4 is 5.73 Å². The molecule has 0 unspecified atom stereocenters. The van der Waals surface area contributed by atoms with Gasteiger partial charge in [-0.15, -0.1) is 0 Å². The standard InChI is InChI=1S/C13H16BrClN4O2/c14-11-7-9(15)1-2-10(11)13(20)19-5-3-18(4-6-19)8-12(16)17-21/h1-2,7,21H,3-6,8H2,(H2,16,17). The molecule has 2 rings (SSSR count). The van der Waals surface area contributed by atoms with Crippen LogP contribution in [0.3, 0.4) is 0 Å². The van der Waals surface area contributed by atoms with E-state index in [-0.39, 0.29) is 11.7 Å². The van der Waals surface area contributed by atoms with Gasteiger partial charge in [0.05, 0.1) is 12.1 Å². The second kappa shape index (κ2) is 7.11. The zero-order chi connectivity index (χ0) is 15.4. The van der Waals surface area contributed by atoms with Crippen molar-refractivity contribution in [1.29, 1.82) is 0 Å². The molecule has 1 amide bonds. The molecule has 0 saturated carbocycles. The van der Waals surface area contributed by atoms with E-state index < -0.39 is 0 Å². The van der Waals surface area contributed by atoms with E-state index in [0.29, 0.717) is 47.8 Å². The normalized spacial score (nSPS) is 17.0. The topological polar surface area (TPSA) is 82.2 Å². The number of nitrogens with zero attached hydrogens (tertiary/aromatic N) is 3. The second-order valence-corrected chi connectivity index (χ2v) is 6.07. The van der Waals surface area contributed by atoms with Crippen LogP contribution in [0.2, 0.25) is 5.02 Å². The molecule has 0 atom stereocenters. The second-order valence-electron chi connectivity index (χ2n) is 4.78. The lowest BCUT2D eigenvalue weighted by Crippen LogP contribution is -2.50. The lowest BCUT2D eigenvalue weighted by atomic mass is 10.2. The van der Waals surface area contributed by atoms with Crippen LogP contribution in [0, 0.1) is 0 Å². The summed E-state index contributed by atoms with van der Waals surface area (Å²) < 4.78 is 0.694. The van der Waals surface area contributed by atoms with Crippen LogP contribution in [-0.2, 0) is 0 Å². The molecule has 1 saturated heterocycles. The number of oxime groups is 1. The summed E-state index contributed by atoms with van der Waals surface area (Å²) in [5.74, 6) is 0.150. The molecule has 1 heterocycles. The summed E-state index contributed by atoms with van der Waals surface area (Å²) in [7, 11) is 0. The van der Waals surface area contributed by atoms with Gasteiger partial charge >= 0.3 is 0 Å². The molecule has 0 aliphatic carbocycles. The molecule has 114 valence electrons. The molecule has 1 aliphatic heterocycles. The van der Waals surface area contributed by atoms with Gasteiger partial charge in [-0.25, -0.2) is 0 Å². The van der Waals surface area contributed by atoms with Crippen LogP contribution in [0.5, 0.6) is 0 Å². The van der Waals surface area contributed by atoms with Crippen molar-refractivity contribution in [3.8, 4) is 0 Å². The molecule has 1 fully saturated rings. The highest BCUT2D eigenvalue weighted by atomic mass is 79.9. The zero-order valence-electron chi connectivity index (χ0n) is 11.3. The number of hydrogen-bond acceptors (Lipinski definition) is 4. The molecule has 1 aromatic carbocycles. The van der Waals surface area contributed by atoms with Crippen molar-refractivity contribution in [1.82, 2.24) is 9.80 Å². The lowest BCUT2D eigenvalue weighted by Gasteiger charge is -2.34. The monoisotopic (exact) mass is 374 g/mol. The van der Waals surface area contributed by atoms with Crippen LogP contribution in [-0.4, -0.2) is 59.5 Å². The number of halogens is 2. The highest BCUT2D eigenvalue weighted by molar-refractivity contribution is 9.10. The highest BCUT2D eigenvalue weighted by Crippen LogP contribution is 2.23. The lowest BCUT2D eigenvalue weighted by molar-refractivity contribution is 0.0652. The first-order valence-electron chi connectivity index (χ1n) is 6.44. The summed E-state index contributed by atoms with van der Waals surface area (Å²) in [4.78, 5) is 16.3. The zero-order valence-corrected chi connectivity index (χ0v) is 13.6. The molecule has 1 aromatic rings. The number of amidine groups is 1. The molecule has 0 bridgehead atoms. The fourth-order valence-electron chi connectivity index (χ4n) is 2.20. The van der Waals surface area contributed by atoms with Gasteiger partial charge in [0.2, 0.25) is 0 Å². The molecule has 3 N–H and O–H groups in total. The van der Waals surface area contributed by atoms with Crippen LogP contribution in [0.1, 0.15) is 10.4 Å². The first kappa shape index (κ1) is 16.1.